The predicted molar refractivity (Wildman–Crippen MR) is 119 cm³/mol. The highest BCUT2D eigenvalue weighted by Crippen LogP contribution is 2.50. The summed E-state index contributed by atoms with van der Waals surface area (Å²) >= 11 is 3.64. The smallest absolute Gasteiger partial charge is 0.294 e. The number of carboxylic acid groups (broad SMARTS) is 1. The molecular formula is C19H14N2O8S4. The zero-order valence-electron chi connectivity index (χ0n) is 16.4. The fourth-order valence-corrected chi connectivity index (χ4v) is 7.40. The third kappa shape index (κ3) is 4.24. The topological polar surface area (TPSA) is 140 Å². The van der Waals surface area contributed by atoms with Gasteiger partial charge in [0.1, 0.15) is 4.70 Å². The van der Waals surface area contributed by atoms with E-state index in [1.165, 1.54) is 35.2 Å². The standard InChI is InChI=1S/C19H14N2O8S4/c22-19(23)5-10-9-20-13-3-1-11(32-29-28-24)6-15(13)30-17(20)8-18-21(10)14-4-2-12(33(25,26)27)7-16(14)31-18/h1-4,6-8,10H,5,9H2,(H2-,22,23,24,25,26,27). The van der Waals surface area contributed by atoms with E-state index in [0.717, 1.165) is 32.3 Å². The van der Waals surface area contributed by atoms with Gasteiger partial charge in [-0.3, -0.25) is 4.55 Å². The van der Waals surface area contributed by atoms with Crippen LogP contribution in [0.1, 0.15) is 11.4 Å². The highest BCUT2D eigenvalue weighted by Gasteiger charge is 2.39. The number of carbonyl (C=O) groups excluding carboxylic acids is 1. The van der Waals surface area contributed by atoms with Crippen LogP contribution < -0.4 is 14.6 Å². The lowest BCUT2D eigenvalue weighted by atomic mass is 10.1. The van der Waals surface area contributed by atoms with Crippen molar-refractivity contribution in [3.63, 3.8) is 0 Å². The van der Waals surface area contributed by atoms with Crippen LogP contribution in [0.25, 0.3) is 16.3 Å². The summed E-state index contributed by atoms with van der Waals surface area (Å²) in [6, 6.07) is 9.30. The fourth-order valence-electron chi connectivity index (χ4n) is 3.93. The number of nitrogens with zero attached hydrogens (tertiary/aromatic N) is 2. The predicted octanol–water partition coefficient (Wildman–Crippen LogP) is 2.30. The second-order valence-electron chi connectivity index (χ2n) is 7.20. The SMILES string of the molecule is O=C([O-])CC1C[n+]2c(sc3cc(SOOO)ccc32)C=C2Sc3cc(S(=O)(=O)O)ccc3N21. The maximum atomic E-state index is 11.6. The van der Waals surface area contributed by atoms with Crippen molar-refractivity contribution in [3.8, 4) is 0 Å². The first-order chi connectivity index (χ1) is 15.7. The zero-order valence-corrected chi connectivity index (χ0v) is 19.7. The van der Waals surface area contributed by atoms with Crippen molar-refractivity contribution in [3.05, 3.63) is 46.4 Å². The third-order valence-electron chi connectivity index (χ3n) is 5.21. The summed E-state index contributed by atoms with van der Waals surface area (Å²) in [5, 5.41) is 25.2. The van der Waals surface area contributed by atoms with Gasteiger partial charge in [-0.1, -0.05) is 28.1 Å². The summed E-state index contributed by atoms with van der Waals surface area (Å²) < 4.78 is 40.0. The Morgan fingerprint density at radius 3 is 2.85 bits per heavy atom. The fraction of sp³-hybridized carbons (Fsp3) is 0.158. The van der Waals surface area contributed by atoms with Crippen LogP contribution in [0.4, 0.5) is 5.69 Å². The van der Waals surface area contributed by atoms with Gasteiger partial charge in [0, 0.05) is 28.2 Å². The molecule has 3 aromatic rings. The Kier molecular flexibility index (Phi) is 5.86. The van der Waals surface area contributed by atoms with E-state index in [0.29, 0.717) is 22.0 Å². The molecule has 0 saturated carbocycles. The van der Waals surface area contributed by atoms with Crippen LogP contribution in [-0.2, 0) is 30.8 Å². The molecule has 0 fully saturated rings. The van der Waals surface area contributed by atoms with E-state index in [2.05, 4.69) is 9.37 Å². The molecule has 3 heterocycles. The minimum absolute atomic E-state index is 0.223. The Morgan fingerprint density at radius 1 is 1.30 bits per heavy atom. The van der Waals surface area contributed by atoms with Crippen molar-refractivity contribution < 1.29 is 42.1 Å². The first-order valence-corrected chi connectivity index (χ1v) is 13.2. The van der Waals surface area contributed by atoms with Crippen molar-refractivity contribution in [2.45, 2.75) is 33.7 Å². The monoisotopic (exact) mass is 526 g/mol. The third-order valence-corrected chi connectivity index (χ3v) is 8.80. The van der Waals surface area contributed by atoms with Gasteiger partial charge in [0.2, 0.25) is 5.52 Å². The molecule has 0 amide bonds. The number of benzene rings is 2. The maximum Gasteiger partial charge on any atom is 0.294 e. The van der Waals surface area contributed by atoms with Crippen LogP contribution in [0.2, 0.25) is 0 Å². The van der Waals surface area contributed by atoms with Gasteiger partial charge in [-0.2, -0.15) is 13.0 Å². The molecule has 14 heteroatoms. The lowest BCUT2D eigenvalue weighted by molar-refractivity contribution is -0.670. The Bertz CT molecular complexity index is 1420. The van der Waals surface area contributed by atoms with Crippen LogP contribution in [0.15, 0.2) is 56.1 Å². The lowest BCUT2D eigenvalue weighted by Crippen LogP contribution is -2.48. The molecule has 1 aromatic heterocycles. The zero-order chi connectivity index (χ0) is 23.3. The van der Waals surface area contributed by atoms with E-state index in [1.807, 2.05) is 27.7 Å². The average Bonchev–Trinajstić information content (AvgIpc) is 3.23. The summed E-state index contributed by atoms with van der Waals surface area (Å²) in [7, 11) is -4.37. The highest BCUT2D eigenvalue weighted by atomic mass is 32.2. The lowest BCUT2D eigenvalue weighted by Gasteiger charge is -2.27. The highest BCUT2D eigenvalue weighted by molar-refractivity contribution is 8.04. The van der Waals surface area contributed by atoms with Crippen molar-refractivity contribution in [2.75, 3.05) is 4.90 Å². The number of aromatic nitrogens is 1. The van der Waals surface area contributed by atoms with Crippen LogP contribution in [0.3, 0.4) is 0 Å². The Balaban J connectivity index is 1.61. The number of aliphatic carboxylic acids is 1. The molecule has 0 aliphatic carbocycles. The van der Waals surface area contributed by atoms with E-state index < -0.39 is 22.1 Å². The van der Waals surface area contributed by atoms with Gasteiger partial charge in [0.05, 0.1) is 39.8 Å². The van der Waals surface area contributed by atoms with Gasteiger partial charge in [0.25, 0.3) is 15.1 Å². The molecule has 0 bridgehead atoms. The van der Waals surface area contributed by atoms with Gasteiger partial charge in [-0.05, 0) is 30.3 Å². The second-order valence-corrected chi connectivity index (χ2v) is 11.5. The second kappa shape index (κ2) is 8.56. The summed E-state index contributed by atoms with van der Waals surface area (Å²) in [4.78, 5) is 14.6. The molecular weight excluding hydrogens is 512 g/mol. The molecule has 2 aliphatic rings. The molecule has 2 aromatic carbocycles. The van der Waals surface area contributed by atoms with E-state index in [9.17, 15) is 22.9 Å². The molecule has 10 nitrogen and oxygen atoms in total. The molecule has 0 saturated heterocycles. The Morgan fingerprint density at radius 2 is 2.12 bits per heavy atom. The number of carbonyl (C=O) groups is 1. The molecule has 172 valence electrons. The van der Waals surface area contributed by atoms with E-state index in [-0.39, 0.29) is 11.3 Å². The number of thioether (sulfide) groups is 1. The van der Waals surface area contributed by atoms with Gasteiger partial charge < -0.3 is 14.8 Å². The molecule has 33 heavy (non-hydrogen) atoms. The van der Waals surface area contributed by atoms with Crippen LogP contribution >= 0.6 is 35.1 Å². The maximum absolute atomic E-state index is 11.6. The number of hydrogen-bond donors (Lipinski definition) is 2. The summed E-state index contributed by atoms with van der Waals surface area (Å²) in [5.74, 6) is -1.20. The summed E-state index contributed by atoms with van der Waals surface area (Å²) in [5.41, 5.74) is 1.57. The van der Waals surface area contributed by atoms with Gasteiger partial charge in [-0.25, -0.2) is 5.26 Å². The molecule has 1 unspecified atom stereocenters. The number of carboxylic acids is 1. The van der Waals surface area contributed by atoms with E-state index in [1.54, 1.807) is 12.1 Å². The van der Waals surface area contributed by atoms with Crippen molar-refractivity contribution in [1.29, 1.82) is 0 Å². The van der Waals surface area contributed by atoms with Crippen molar-refractivity contribution in [2.24, 2.45) is 0 Å². The van der Waals surface area contributed by atoms with Gasteiger partial charge in [0.15, 0.2) is 6.54 Å². The number of thiazole rings is 1. The number of fused-ring (bicyclic) bond motifs is 6. The van der Waals surface area contributed by atoms with Gasteiger partial charge >= 0.3 is 0 Å². The number of hydrogen-bond acceptors (Lipinski definition) is 11. The first-order valence-electron chi connectivity index (χ1n) is 9.36. The first kappa shape index (κ1) is 22.6. The van der Waals surface area contributed by atoms with Crippen LogP contribution in [-0.4, -0.2) is 30.2 Å². The number of anilines is 1. The normalized spacial score (nSPS) is 17.3. The minimum Gasteiger partial charge on any atom is -0.550 e. The van der Waals surface area contributed by atoms with E-state index in [4.69, 9.17) is 5.26 Å². The van der Waals surface area contributed by atoms with Crippen LogP contribution in [0, 0.1) is 0 Å². The molecule has 2 N–H and O–H groups in total. The quantitative estimate of drug-likeness (QED) is 0.161. The molecule has 0 spiro atoms. The summed E-state index contributed by atoms with van der Waals surface area (Å²) in [6.45, 7) is 0.353. The van der Waals surface area contributed by atoms with Crippen molar-refractivity contribution >= 4 is 73.2 Å². The number of rotatable bonds is 6. The van der Waals surface area contributed by atoms with Gasteiger partial charge in [-0.15, -0.1) is 4.33 Å². The molecule has 2 aliphatic heterocycles. The van der Waals surface area contributed by atoms with E-state index >= 15 is 0 Å². The molecule has 1 atom stereocenters. The summed E-state index contributed by atoms with van der Waals surface area (Å²) in [6.07, 6.45) is 1.69. The van der Waals surface area contributed by atoms with Crippen LogP contribution in [0.5, 0.6) is 0 Å². The Labute approximate surface area is 199 Å². The van der Waals surface area contributed by atoms with Crippen molar-refractivity contribution in [1.82, 2.24) is 0 Å². The molecule has 0 radical (unpaired) electrons. The molecule has 5 rings (SSSR count). The Hall–Kier alpha value is -2.17. The average molecular weight is 527 g/mol. The minimum atomic E-state index is -4.37. The largest absolute Gasteiger partial charge is 0.550 e.